The van der Waals surface area contributed by atoms with Crippen LogP contribution in [0.2, 0.25) is 0 Å². The number of aliphatic hydroxyl groups is 1. The molecular weight excluding hydrogens is 468 g/mol. The highest BCUT2D eigenvalue weighted by molar-refractivity contribution is 5.76. The van der Waals surface area contributed by atoms with Gasteiger partial charge in [0.25, 0.3) is 0 Å². The zero-order chi connectivity index (χ0) is 26.3. The maximum atomic E-state index is 12.4. The summed E-state index contributed by atoms with van der Waals surface area (Å²) in [5, 5.41) is 12.2. The minimum atomic E-state index is -0.327. The van der Waals surface area contributed by atoms with E-state index in [1.165, 1.54) is 21.3 Å². The number of nitrogens with one attached hydrogen (secondary N) is 1. The number of aliphatic hydroxyl groups excluding tert-OH is 1. The van der Waals surface area contributed by atoms with E-state index in [2.05, 4.69) is 5.32 Å². The summed E-state index contributed by atoms with van der Waals surface area (Å²) < 4.78 is 27.6. The van der Waals surface area contributed by atoms with Crippen LogP contribution in [0, 0.1) is 0 Å². The van der Waals surface area contributed by atoms with Crippen LogP contribution in [0.25, 0.3) is 0 Å². The van der Waals surface area contributed by atoms with Gasteiger partial charge in [0.2, 0.25) is 11.8 Å². The van der Waals surface area contributed by atoms with Crippen LogP contribution in [0.3, 0.4) is 0 Å². The molecule has 0 aliphatic heterocycles. The molecule has 198 valence electrons. The second kappa shape index (κ2) is 15.4. The summed E-state index contributed by atoms with van der Waals surface area (Å²) in [5.41, 5.74) is 6.52. The van der Waals surface area contributed by atoms with Crippen LogP contribution < -0.4 is 34.7 Å². The lowest BCUT2D eigenvalue weighted by atomic mass is 10.1. The smallest absolute Gasteiger partial charge is 0.220 e. The second-order valence-electron chi connectivity index (χ2n) is 7.94. The molecule has 4 N–H and O–H groups in total. The second-order valence-corrected chi connectivity index (χ2v) is 7.94. The quantitative estimate of drug-likeness (QED) is 0.280. The van der Waals surface area contributed by atoms with E-state index in [4.69, 9.17) is 29.4 Å². The van der Waals surface area contributed by atoms with Gasteiger partial charge in [0, 0.05) is 36.6 Å². The summed E-state index contributed by atoms with van der Waals surface area (Å²) in [5.74, 6) is 2.33. The first-order valence-electron chi connectivity index (χ1n) is 11.7. The van der Waals surface area contributed by atoms with Crippen molar-refractivity contribution in [1.29, 1.82) is 0 Å². The molecule has 0 aliphatic carbocycles. The van der Waals surface area contributed by atoms with Gasteiger partial charge in [-0.3, -0.25) is 9.59 Å². The number of carbonyl (C=O) groups excluding carboxylic acids is 2. The Morgan fingerprint density at radius 3 is 2.06 bits per heavy atom. The molecule has 2 rings (SSSR count). The monoisotopic (exact) mass is 504 g/mol. The van der Waals surface area contributed by atoms with Gasteiger partial charge >= 0.3 is 0 Å². The number of nitrogens with two attached hydrogens (primary N) is 1. The van der Waals surface area contributed by atoms with Crippen molar-refractivity contribution < 1.29 is 38.4 Å². The number of hydrogen-bond donors (Lipinski definition) is 3. The number of ether oxygens (including phenoxy) is 5. The predicted octanol–water partition coefficient (Wildman–Crippen LogP) is 2.71. The minimum absolute atomic E-state index is 0.118. The highest BCUT2D eigenvalue weighted by Crippen LogP contribution is 2.34. The lowest BCUT2D eigenvalue weighted by Crippen LogP contribution is -2.23. The first kappa shape index (κ1) is 28.6. The average molecular weight is 505 g/mol. The van der Waals surface area contributed by atoms with Gasteiger partial charge in [-0.15, -0.1) is 0 Å². The van der Waals surface area contributed by atoms with Gasteiger partial charge < -0.3 is 39.8 Å². The molecule has 0 spiro atoms. The number of amides is 2. The zero-order valence-electron chi connectivity index (χ0n) is 21.1. The Labute approximate surface area is 211 Å². The Bertz CT molecular complexity index is 971. The van der Waals surface area contributed by atoms with Crippen LogP contribution in [0.15, 0.2) is 30.3 Å². The molecule has 10 nitrogen and oxygen atoms in total. The third-order valence-electron chi connectivity index (χ3n) is 5.38. The van der Waals surface area contributed by atoms with E-state index in [0.717, 1.165) is 0 Å². The molecule has 10 heteroatoms. The van der Waals surface area contributed by atoms with E-state index in [-0.39, 0.29) is 31.4 Å². The Hall–Kier alpha value is -3.66. The van der Waals surface area contributed by atoms with Gasteiger partial charge in [0.1, 0.15) is 28.7 Å². The third kappa shape index (κ3) is 9.18. The van der Waals surface area contributed by atoms with Gasteiger partial charge in [0.15, 0.2) is 0 Å². The standard InChI is InChI=1S/C26H36N2O8/c1-32-22-13-19(10-9-18(22)17-29)35-12-6-8-26(31)28-16-21-23(33-2)14-20(15-24(21)34-3)36-11-5-4-7-25(27)30/h9-10,13-15,29H,4-8,11-12,16-17H2,1-3H3,(H2,27,30)(H,28,31). The van der Waals surface area contributed by atoms with Gasteiger partial charge in [-0.1, -0.05) is 0 Å². The number of primary amides is 1. The van der Waals surface area contributed by atoms with E-state index in [9.17, 15) is 14.7 Å². The third-order valence-corrected chi connectivity index (χ3v) is 5.38. The highest BCUT2D eigenvalue weighted by Gasteiger charge is 2.15. The van der Waals surface area contributed by atoms with Crippen molar-refractivity contribution in [3.05, 3.63) is 41.5 Å². The number of carbonyl (C=O) groups is 2. The molecule has 2 aromatic carbocycles. The largest absolute Gasteiger partial charge is 0.496 e. The summed E-state index contributed by atoms with van der Waals surface area (Å²) in [4.78, 5) is 23.2. The summed E-state index contributed by atoms with van der Waals surface area (Å²) in [6.45, 7) is 0.890. The fourth-order valence-electron chi connectivity index (χ4n) is 3.45. The Balaban J connectivity index is 1.83. The van der Waals surface area contributed by atoms with Crippen molar-refractivity contribution in [3.8, 4) is 28.7 Å². The number of unbranched alkanes of at least 4 members (excludes halogenated alkanes) is 1. The molecule has 36 heavy (non-hydrogen) atoms. The minimum Gasteiger partial charge on any atom is -0.496 e. The molecule has 0 heterocycles. The fraction of sp³-hybridized carbons (Fsp3) is 0.462. The van der Waals surface area contributed by atoms with Gasteiger partial charge in [0.05, 0.1) is 53.3 Å². The molecule has 0 aromatic heterocycles. The first-order valence-corrected chi connectivity index (χ1v) is 11.7. The van der Waals surface area contributed by atoms with Crippen molar-refractivity contribution >= 4 is 11.8 Å². The zero-order valence-corrected chi connectivity index (χ0v) is 21.1. The first-order chi connectivity index (χ1) is 17.4. The van der Waals surface area contributed by atoms with Crippen LogP contribution in [-0.4, -0.2) is 51.5 Å². The van der Waals surface area contributed by atoms with Crippen molar-refractivity contribution in [1.82, 2.24) is 5.32 Å². The van der Waals surface area contributed by atoms with Crippen LogP contribution in [0.5, 0.6) is 28.7 Å². The summed E-state index contributed by atoms with van der Waals surface area (Å²) in [6, 6.07) is 8.67. The van der Waals surface area contributed by atoms with Crippen molar-refractivity contribution in [2.45, 2.75) is 45.3 Å². The maximum absolute atomic E-state index is 12.4. The number of methoxy groups -OCH3 is 3. The van der Waals surface area contributed by atoms with Gasteiger partial charge in [-0.25, -0.2) is 0 Å². The van der Waals surface area contributed by atoms with Crippen LogP contribution >= 0.6 is 0 Å². The van der Waals surface area contributed by atoms with Crippen molar-refractivity contribution in [2.24, 2.45) is 5.73 Å². The van der Waals surface area contributed by atoms with Gasteiger partial charge in [-0.05, 0) is 31.4 Å². The molecule has 0 saturated heterocycles. The lowest BCUT2D eigenvalue weighted by Gasteiger charge is -2.16. The SMILES string of the molecule is COc1cc(OCCCC(=O)NCc2c(OC)cc(OCCCCC(N)=O)cc2OC)ccc1CO. The topological polar surface area (TPSA) is 139 Å². The van der Waals surface area contributed by atoms with E-state index in [0.29, 0.717) is 78.8 Å². The van der Waals surface area contributed by atoms with Crippen molar-refractivity contribution in [3.63, 3.8) is 0 Å². The maximum Gasteiger partial charge on any atom is 0.220 e. The molecule has 2 aromatic rings. The Morgan fingerprint density at radius 2 is 1.44 bits per heavy atom. The lowest BCUT2D eigenvalue weighted by molar-refractivity contribution is -0.121. The number of hydrogen-bond acceptors (Lipinski definition) is 8. The Kier molecular flexibility index (Phi) is 12.2. The molecule has 0 aliphatic rings. The van der Waals surface area contributed by atoms with Crippen LogP contribution in [0.1, 0.15) is 43.2 Å². The molecule has 0 radical (unpaired) electrons. The normalized spacial score (nSPS) is 10.4. The van der Waals surface area contributed by atoms with Crippen molar-refractivity contribution in [2.75, 3.05) is 34.5 Å². The molecule has 0 fully saturated rings. The van der Waals surface area contributed by atoms with E-state index >= 15 is 0 Å². The van der Waals surface area contributed by atoms with Crippen LogP contribution in [0.4, 0.5) is 0 Å². The molecule has 0 saturated carbocycles. The fourth-order valence-corrected chi connectivity index (χ4v) is 3.45. The number of benzene rings is 2. The van der Waals surface area contributed by atoms with Gasteiger partial charge in [-0.2, -0.15) is 0 Å². The number of rotatable bonds is 17. The Morgan fingerprint density at radius 1 is 0.833 bits per heavy atom. The van der Waals surface area contributed by atoms with E-state index < -0.39 is 0 Å². The summed E-state index contributed by atoms with van der Waals surface area (Å²) >= 11 is 0. The molecule has 0 atom stereocenters. The molecule has 0 bridgehead atoms. The highest BCUT2D eigenvalue weighted by atomic mass is 16.5. The predicted molar refractivity (Wildman–Crippen MR) is 134 cm³/mol. The molecule has 0 unspecified atom stereocenters. The van der Waals surface area contributed by atoms with E-state index in [1.54, 1.807) is 30.3 Å². The summed E-state index contributed by atoms with van der Waals surface area (Å²) in [7, 11) is 4.61. The molecule has 2 amide bonds. The molecular formula is C26H36N2O8. The average Bonchev–Trinajstić information content (AvgIpc) is 2.89. The summed E-state index contributed by atoms with van der Waals surface area (Å²) in [6.07, 6.45) is 2.47. The van der Waals surface area contributed by atoms with Crippen LogP contribution in [-0.2, 0) is 22.7 Å². The van der Waals surface area contributed by atoms with E-state index in [1.807, 2.05) is 0 Å².